The number of rotatable bonds is 2. The van der Waals surface area contributed by atoms with Gasteiger partial charge in [-0.3, -0.25) is 9.59 Å². The molecule has 1 aromatic carbocycles. The van der Waals surface area contributed by atoms with Crippen molar-refractivity contribution in [3.8, 4) is 0 Å². The Bertz CT molecular complexity index is 524. The zero-order valence-electron chi connectivity index (χ0n) is 11.6. The van der Waals surface area contributed by atoms with E-state index >= 15 is 0 Å². The maximum atomic E-state index is 12.7. The number of hydrogen-bond donors (Lipinski definition) is 1. The lowest BCUT2D eigenvalue weighted by atomic mass is 9.90. The third kappa shape index (κ3) is 3.13. The average Bonchev–Trinajstić information content (AvgIpc) is 2.37. The molecule has 20 heavy (non-hydrogen) atoms. The molecule has 1 saturated heterocycles. The fourth-order valence-electron chi connectivity index (χ4n) is 2.76. The van der Waals surface area contributed by atoms with E-state index in [0.29, 0.717) is 25.1 Å². The van der Waals surface area contributed by atoms with Crippen molar-refractivity contribution in [3.05, 3.63) is 32.9 Å². The summed E-state index contributed by atoms with van der Waals surface area (Å²) in [5.41, 5.74) is 1.64. The topological polar surface area (TPSA) is 57.6 Å². The lowest BCUT2D eigenvalue weighted by molar-refractivity contribution is -0.143. The molecule has 1 N–H and O–H groups in total. The molecule has 1 fully saturated rings. The van der Waals surface area contributed by atoms with Crippen molar-refractivity contribution in [1.82, 2.24) is 4.90 Å². The van der Waals surface area contributed by atoms with Crippen molar-refractivity contribution < 1.29 is 14.7 Å². The van der Waals surface area contributed by atoms with E-state index < -0.39 is 11.9 Å². The highest BCUT2D eigenvalue weighted by molar-refractivity contribution is 14.1. The van der Waals surface area contributed by atoms with Crippen LogP contribution in [0.2, 0.25) is 0 Å². The van der Waals surface area contributed by atoms with Crippen molar-refractivity contribution >= 4 is 34.5 Å². The number of carboxylic acids is 1. The van der Waals surface area contributed by atoms with Crippen LogP contribution in [0.4, 0.5) is 0 Å². The molecule has 0 bridgehead atoms. The fourth-order valence-corrected chi connectivity index (χ4v) is 3.62. The maximum Gasteiger partial charge on any atom is 0.308 e. The number of hydrogen-bond acceptors (Lipinski definition) is 2. The van der Waals surface area contributed by atoms with E-state index in [-0.39, 0.29) is 11.8 Å². The molecular weight excluding hydrogens is 369 g/mol. The van der Waals surface area contributed by atoms with Crippen LogP contribution in [0.1, 0.15) is 29.3 Å². The monoisotopic (exact) mass is 387 g/mol. The Labute approximate surface area is 132 Å². The highest BCUT2D eigenvalue weighted by Crippen LogP contribution is 2.25. The van der Waals surface area contributed by atoms with Crippen LogP contribution in [0.25, 0.3) is 0 Å². The minimum atomic E-state index is -0.811. The van der Waals surface area contributed by atoms with E-state index in [2.05, 4.69) is 22.6 Å². The standard InChI is InChI=1S/C15H18INO3/c1-9-6-11(15(19)20)8-17(7-9)14(18)13-10(2)4-3-5-12(13)16/h3-5,9,11H,6-8H2,1-2H3,(H,19,20). The Kier molecular flexibility index (Phi) is 4.67. The van der Waals surface area contributed by atoms with Crippen LogP contribution in [0, 0.1) is 22.3 Å². The number of amides is 1. The molecule has 1 aliphatic rings. The third-order valence-corrected chi connectivity index (χ3v) is 4.63. The minimum absolute atomic E-state index is 0.0506. The van der Waals surface area contributed by atoms with Gasteiger partial charge in [-0.15, -0.1) is 0 Å². The molecule has 1 heterocycles. The van der Waals surface area contributed by atoms with Crippen molar-refractivity contribution in [2.45, 2.75) is 20.3 Å². The van der Waals surface area contributed by atoms with Crippen LogP contribution in [-0.4, -0.2) is 35.0 Å². The maximum absolute atomic E-state index is 12.7. The van der Waals surface area contributed by atoms with E-state index in [0.717, 1.165) is 9.13 Å². The smallest absolute Gasteiger partial charge is 0.308 e. The second-order valence-electron chi connectivity index (χ2n) is 5.52. The number of carboxylic acid groups (broad SMARTS) is 1. The molecule has 4 nitrogen and oxygen atoms in total. The van der Waals surface area contributed by atoms with Gasteiger partial charge in [0.2, 0.25) is 0 Å². The number of aliphatic carboxylic acids is 1. The fraction of sp³-hybridized carbons (Fsp3) is 0.467. The Hall–Kier alpha value is -1.11. The molecule has 0 spiro atoms. The largest absolute Gasteiger partial charge is 0.481 e. The van der Waals surface area contributed by atoms with Gasteiger partial charge in [0.25, 0.3) is 5.91 Å². The Morgan fingerprint density at radius 2 is 2.05 bits per heavy atom. The normalized spacial score (nSPS) is 22.6. The van der Waals surface area contributed by atoms with E-state index in [1.807, 2.05) is 32.0 Å². The summed E-state index contributed by atoms with van der Waals surface area (Å²) in [7, 11) is 0. The number of nitrogens with zero attached hydrogens (tertiary/aromatic N) is 1. The van der Waals surface area contributed by atoms with Crippen molar-refractivity contribution in [1.29, 1.82) is 0 Å². The van der Waals surface area contributed by atoms with Gasteiger partial charge in [0.15, 0.2) is 0 Å². The molecule has 108 valence electrons. The van der Waals surface area contributed by atoms with Crippen LogP contribution in [-0.2, 0) is 4.79 Å². The number of likely N-dealkylation sites (tertiary alicyclic amines) is 1. The van der Waals surface area contributed by atoms with Gasteiger partial charge in [-0.2, -0.15) is 0 Å². The predicted molar refractivity (Wildman–Crippen MR) is 84.7 cm³/mol. The highest BCUT2D eigenvalue weighted by atomic mass is 127. The zero-order valence-corrected chi connectivity index (χ0v) is 13.8. The summed E-state index contributed by atoms with van der Waals surface area (Å²) in [4.78, 5) is 25.6. The van der Waals surface area contributed by atoms with Gasteiger partial charge in [-0.05, 0) is 53.5 Å². The third-order valence-electron chi connectivity index (χ3n) is 3.73. The van der Waals surface area contributed by atoms with Crippen LogP contribution in [0.5, 0.6) is 0 Å². The molecule has 0 aromatic heterocycles. The molecular formula is C15H18INO3. The van der Waals surface area contributed by atoms with Gasteiger partial charge < -0.3 is 10.0 Å². The lowest BCUT2D eigenvalue weighted by Crippen LogP contribution is -2.45. The summed E-state index contributed by atoms with van der Waals surface area (Å²) in [5.74, 6) is -1.10. The molecule has 0 aliphatic carbocycles. The van der Waals surface area contributed by atoms with E-state index in [1.165, 1.54) is 0 Å². The first-order valence-corrected chi connectivity index (χ1v) is 7.75. The Balaban J connectivity index is 2.26. The molecule has 2 unspecified atom stereocenters. The van der Waals surface area contributed by atoms with Gasteiger partial charge in [-0.25, -0.2) is 0 Å². The van der Waals surface area contributed by atoms with Gasteiger partial charge >= 0.3 is 5.97 Å². The summed E-state index contributed by atoms with van der Waals surface area (Å²) < 4.78 is 0.915. The lowest BCUT2D eigenvalue weighted by Gasteiger charge is -2.35. The second-order valence-corrected chi connectivity index (χ2v) is 6.68. The van der Waals surface area contributed by atoms with Gasteiger partial charge in [-0.1, -0.05) is 19.1 Å². The summed E-state index contributed by atoms with van der Waals surface area (Å²) in [5, 5.41) is 9.20. The quantitative estimate of drug-likeness (QED) is 0.795. The summed E-state index contributed by atoms with van der Waals surface area (Å²) >= 11 is 2.16. The Morgan fingerprint density at radius 3 is 2.65 bits per heavy atom. The van der Waals surface area contributed by atoms with Crippen LogP contribution >= 0.6 is 22.6 Å². The van der Waals surface area contributed by atoms with Crippen LogP contribution in [0.15, 0.2) is 18.2 Å². The molecule has 2 rings (SSSR count). The van der Waals surface area contributed by atoms with Crippen molar-refractivity contribution in [2.75, 3.05) is 13.1 Å². The first kappa shape index (κ1) is 15.3. The molecule has 0 saturated carbocycles. The number of benzene rings is 1. The predicted octanol–water partition coefficient (Wildman–Crippen LogP) is 2.78. The molecule has 0 radical (unpaired) electrons. The van der Waals surface area contributed by atoms with Crippen molar-refractivity contribution in [2.24, 2.45) is 11.8 Å². The summed E-state index contributed by atoms with van der Waals surface area (Å²) in [6.45, 7) is 4.85. The summed E-state index contributed by atoms with van der Waals surface area (Å²) in [6.07, 6.45) is 0.643. The first-order valence-electron chi connectivity index (χ1n) is 6.67. The number of carbonyl (C=O) groups is 2. The number of piperidine rings is 1. The highest BCUT2D eigenvalue weighted by Gasteiger charge is 2.33. The van der Waals surface area contributed by atoms with E-state index in [4.69, 9.17) is 0 Å². The van der Waals surface area contributed by atoms with Crippen LogP contribution in [0.3, 0.4) is 0 Å². The average molecular weight is 387 g/mol. The molecule has 5 heteroatoms. The van der Waals surface area contributed by atoms with Crippen molar-refractivity contribution in [3.63, 3.8) is 0 Å². The molecule has 1 aliphatic heterocycles. The van der Waals surface area contributed by atoms with Crippen LogP contribution < -0.4 is 0 Å². The van der Waals surface area contributed by atoms with E-state index in [9.17, 15) is 14.7 Å². The zero-order chi connectivity index (χ0) is 14.9. The number of halogens is 1. The van der Waals surface area contributed by atoms with Gasteiger partial charge in [0, 0.05) is 16.7 Å². The number of aryl methyl sites for hydroxylation is 1. The SMILES string of the molecule is Cc1cccc(I)c1C(=O)N1CC(C)CC(C(=O)O)C1. The van der Waals surface area contributed by atoms with E-state index in [1.54, 1.807) is 4.90 Å². The minimum Gasteiger partial charge on any atom is -0.481 e. The molecule has 1 aromatic rings. The van der Waals surface area contributed by atoms with Gasteiger partial charge in [0.05, 0.1) is 11.5 Å². The Morgan fingerprint density at radius 1 is 1.35 bits per heavy atom. The second kappa shape index (κ2) is 6.11. The molecule has 2 atom stereocenters. The first-order chi connectivity index (χ1) is 9.40. The van der Waals surface area contributed by atoms with Gasteiger partial charge in [0.1, 0.15) is 0 Å². The number of carbonyl (C=O) groups excluding carboxylic acids is 1. The summed E-state index contributed by atoms with van der Waals surface area (Å²) in [6, 6.07) is 5.74. The molecule has 1 amide bonds.